The maximum atomic E-state index is 11.8. The van der Waals surface area contributed by atoms with E-state index < -0.39 is 0 Å². The summed E-state index contributed by atoms with van der Waals surface area (Å²) < 4.78 is 6.86. The van der Waals surface area contributed by atoms with Gasteiger partial charge in [-0.2, -0.15) is 0 Å². The molecule has 3 rings (SSSR count). The van der Waals surface area contributed by atoms with Crippen molar-refractivity contribution in [1.29, 1.82) is 0 Å². The Balaban J connectivity index is 1.64. The molecule has 1 saturated carbocycles. The van der Waals surface area contributed by atoms with E-state index in [-0.39, 0.29) is 5.91 Å². The van der Waals surface area contributed by atoms with E-state index in [0.29, 0.717) is 18.0 Å². The van der Waals surface area contributed by atoms with Gasteiger partial charge >= 0.3 is 0 Å². The molecule has 100 valence electrons. The van der Waals surface area contributed by atoms with Gasteiger partial charge in [-0.25, -0.2) is 0 Å². The van der Waals surface area contributed by atoms with E-state index in [1.54, 1.807) is 6.07 Å². The van der Waals surface area contributed by atoms with E-state index in [9.17, 15) is 4.79 Å². The van der Waals surface area contributed by atoms with Gasteiger partial charge in [-0.05, 0) is 18.9 Å². The van der Waals surface area contributed by atoms with Crippen LogP contribution in [0.15, 0.2) is 23.0 Å². The van der Waals surface area contributed by atoms with Gasteiger partial charge in [-0.3, -0.25) is 4.79 Å². The second-order valence-electron chi connectivity index (χ2n) is 4.86. The molecule has 0 radical (unpaired) electrons. The average Bonchev–Trinajstić information content (AvgIpc) is 2.97. The molecule has 0 unspecified atom stereocenters. The van der Waals surface area contributed by atoms with Crippen molar-refractivity contribution < 1.29 is 9.21 Å². The van der Waals surface area contributed by atoms with Crippen molar-refractivity contribution in [1.82, 2.24) is 20.1 Å². The van der Waals surface area contributed by atoms with Crippen molar-refractivity contribution in [2.45, 2.75) is 31.7 Å². The third-order valence-electron chi connectivity index (χ3n) is 3.66. The molecule has 0 atom stereocenters. The Hall–Kier alpha value is -2.11. The molecule has 0 aliphatic heterocycles. The normalized spacial score (nSPS) is 15.2. The van der Waals surface area contributed by atoms with Gasteiger partial charge in [0.1, 0.15) is 12.1 Å². The number of carbonyl (C=O) groups excluding carboxylic acids is 1. The molecule has 0 bridgehead atoms. The Labute approximate surface area is 110 Å². The SMILES string of the molecule is Cn1c(CNC(=O)c2ccoc2)nnc1C1CCC1. The molecule has 1 N–H and O–H groups in total. The van der Waals surface area contributed by atoms with Gasteiger partial charge < -0.3 is 14.3 Å². The summed E-state index contributed by atoms with van der Waals surface area (Å²) in [6, 6.07) is 1.63. The van der Waals surface area contributed by atoms with Crippen LogP contribution in [0.5, 0.6) is 0 Å². The third kappa shape index (κ3) is 2.25. The number of nitrogens with zero attached hydrogens (tertiary/aromatic N) is 3. The maximum absolute atomic E-state index is 11.8. The molecule has 1 aliphatic rings. The van der Waals surface area contributed by atoms with Crippen molar-refractivity contribution in [2.24, 2.45) is 7.05 Å². The Morgan fingerprint density at radius 2 is 2.37 bits per heavy atom. The van der Waals surface area contributed by atoms with Crippen molar-refractivity contribution in [3.63, 3.8) is 0 Å². The van der Waals surface area contributed by atoms with Crippen LogP contribution in [-0.4, -0.2) is 20.7 Å². The lowest BCUT2D eigenvalue weighted by molar-refractivity contribution is 0.0949. The standard InChI is InChI=1S/C13H16N4O2/c1-17-11(15-16-12(17)9-3-2-4-9)7-14-13(18)10-5-6-19-8-10/h5-6,8-9H,2-4,7H2,1H3,(H,14,18). The van der Waals surface area contributed by atoms with Gasteiger partial charge in [0.15, 0.2) is 5.82 Å². The molecule has 0 aromatic carbocycles. The summed E-state index contributed by atoms with van der Waals surface area (Å²) in [7, 11) is 1.95. The van der Waals surface area contributed by atoms with Gasteiger partial charge in [0.2, 0.25) is 0 Å². The number of nitrogens with one attached hydrogen (secondary N) is 1. The lowest BCUT2D eigenvalue weighted by Gasteiger charge is -2.24. The van der Waals surface area contributed by atoms with Crippen LogP contribution in [0.4, 0.5) is 0 Å². The van der Waals surface area contributed by atoms with E-state index in [1.807, 2.05) is 11.6 Å². The summed E-state index contributed by atoms with van der Waals surface area (Å²) in [6.45, 7) is 0.375. The molecule has 2 heterocycles. The number of hydrogen-bond acceptors (Lipinski definition) is 4. The zero-order valence-corrected chi connectivity index (χ0v) is 10.8. The van der Waals surface area contributed by atoms with Gasteiger partial charge in [0, 0.05) is 13.0 Å². The fourth-order valence-electron chi connectivity index (χ4n) is 2.21. The first kappa shape index (κ1) is 12.0. The summed E-state index contributed by atoms with van der Waals surface area (Å²) in [5, 5.41) is 11.2. The summed E-state index contributed by atoms with van der Waals surface area (Å²) >= 11 is 0. The van der Waals surface area contributed by atoms with Crippen LogP contribution in [0.3, 0.4) is 0 Å². The lowest BCUT2D eigenvalue weighted by Crippen LogP contribution is -2.24. The predicted octanol–water partition coefficient (Wildman–Crippen LogP) is 1.61. The Morgan fingerprint density at radius 3 is 3.00 bits per heavy atom. The van der Waals surface area contributed by atoms with Crippen LogP contribution in [0.1, 0.15) is 47.2 Å². The van der Waals surface area contributed by atoms with E-state index in [2.05, 4.69) is 15.5 Å². The highest BCUT2D eigenvalue weighted by Crippen LogP contribution is 2.34. The minimum absolute atomic E-state index is 0.165. The van der Waals surface area contributed by atoms with Crippen molar-refractivity contribution in [3.8, 4) is 0 Å². The second kappa shape index (κ2) is 4.87. The minimum Gasteiger partial charge on any atom is -0.472 e. The highest BCUT2D eigenvalue weighted by atomic mass is 16.3. The van der Waals surface area contributed by atoms with Gasteiger partial charge in [-0.15, -0.1) is 10.2 Å². The molecule has 2 aromatic rings. The molecular formula is C13H16N4O2. The molecular weight excluding hydrogens is 244 g/mol. The summed E-state index contributed by atoms with van der Waals surface area (Å²) in [5.41, 5.74) is 0.515. The smallest absolute Gasteiger partial charge is 0.254 e. The van der Waals surface area contributed by atoms with Crippen molar-refractivity contribution in [2.75, 3.05) is 0 Å². The minimum atomic E-state index is -0.165. The van der Waals surface area contributed by atoms with Gasteiger partial charge in [0.25, 0.3) is 5.91 Å². The molecule has 2 aromatic heterocycles. The van der Waals surface area contributed by atoms with Crippen molar-refractivity contribution >= 4 is 5.91 Å². The molecule has 19 heavy (non-hydrogen) atoms. The Bertz CT molecular complexity index is 569. The molecule has 0 saturated heterocycles. The summed E-state index contributed by atoms with van der Waals surface area (Å²) in [4.78, 5) is 11.8. The van der Waals surface area contributed by atoms with E-state index in [1.165, 1.54) is 31.8 Å². The zero-order chi connectivity index (χ0) is 13.2. The first-order valence-electron chi connectivity index (χ1n) is 6.44. The van der Waals surface area contributed by atoms with Crippen LogP contribution in [0.25, 0.3) is 0 Å². The monoisotopic (exact) mass is 260 g/mol. The zero-order valence-electron chi connectivity index (χ0n) is 10.8. The molecule has 6 heteroatoms. The van der Waals surface area contributed by atoms with E-state index in [0.717, 1.165) is 11.6 Å². The Morgan fingerprint density at radius 1 is 1.53 bits per heavy atom. The summed E-state index contributed by atoms with van der Waals surface area (Å²) in [5.74, 6) is 2.18. The Kier molecular flexibility index (Phi) is 3.06. The number of rotatable bonds is 4. The average molecular weight is 260 g/mol. The molecule has 1 fully saturated rings. The summed E-state index contributed by atoms with van der Waals surface area (Å²) in [6.07, 6.45) is 6.54. The number of furan rings is 1. The fraction of sp³-hybridized carbons (Fsp3) is 0.462. The highest BCUT2D eigenvalue weighted by Gasteiger charge is 2.25. The molecule has 6 nitrogen and oxygen atoms in total. The van der Waals surface area contributed by atoms with Crippen LogP contribution >= 0.6 is 0 Å². The third-order valence-corrected chi connectivity index (χ3v) is 3.66. The largest absolute Gasteiger partial charge is 0.472 e. The lowest BCUT2D eigenvalue weighted by atomic mass is 9.85. The van der Waals surface area contributed by atoms with Gasteiger partial charge in [-0.1, -0.05) is 6.42 Å². The van der Waals surface area contributed by atoms with Crippen molar-refractivity contribution in [3.05, 3.63) is 35.8 Å². The quantitative estimate of drug-likeness (QED) is 0.906. The predicted molar refractivity (Wildman–Crippen MR) is 67.5 cm³/mol. The fourth-order valence-corrected chi connectivity index (χ4v) is 2.21. The van der Waals surface area contributed by atoms with Crippen LogP contribution in [0, 0.1) is 0 Å². The molecule has 1 aliphatic carbocycles. The maximum Gasteiger partial charge on any atom is 0.254 e. The number of amides is 1. The topological polar surface area (TPSA) is 73.0 Å². The molecule has 0 spiro atoms. The number of carbonyl (C=O) groups is 1. The number of hydrogen-bond donors (Lipinski definition) is 1. The van der Waals surface area contributed by atoms with Crippen LogP contribution < -0.4 is 5.32 Å². The molecule has 1 amide bonds. The van der Waals surface area contributed by atoms with Crippen LogP contribution in [0.2, 0.25) is 0 Å². The first-order chi connectivity index (χ1) is 9.25. The first-order valence-corrected chi connectivity index (χ1v) is 6.44. The van der Waals surface area contributed by atoms with Gasteiger partial charge in [0.05, 0.1) is 18.4 Å². The second-order valence-corrected chi connectivity index (χ2v) is 4.86. The number of aromatic nitrogens is 3. The van der Waals surface area contributed by atoms with E-state index >= 15 is 0 Å². The highest BCUT2D eigenvalue weighted by molar-refractivity contribution is 5.93. The van der Waals surface area contributed by atoms with E-state index in [4.69, 9.17) is 4.42 Å². The van der Waals surface area contributed by atoms with Crippen LogP contribution in [-0.2, 0) is 13.6 Å².